The smallest absolute Gasteiger partial charge is 0.239 e. The maximum atomic E-state index is 13.2. The van der Waals surface area contributed by atoms with Crippen LogP contribution in [-0.4, -0.2) is 54.4 Å². The van der Waals surface area contributed by atoms with Crippen LogP contribution in [0.4, 0.5) is 5.82 Å². The normalized spacial score (nSPS) is 22.0. The molecule has 2 aromatic rings. The highest BCUT2D eigenvalue weighted by Crippen LogP contribution is 2.38. The number of hydrogen-bond donors (Lipinski definition) is 1. The number of carbonyl (C=O) groups is 1. The molecule has 3 aliphatic rings. The topological polar surface area (TPSA) is 88.8 Å². The molecule has 0 bridgehead atoms. The molecule has 4 heterocycles. The van der Waals surface area contributed by atoms with Gasteiger partial charge in [-0.1, -0.05) is 6.07 Å². The van der Waals surface area contributed by atoms with Crippen molar-refractivity contribution >= 4 is 11.7 Å². The molecule has 1 amide bonds. The summed E-state index contributed by atoms with van der Waals surface area (Å²) in [5, 5.41) is 12.9. The summed E-state index contributed by atoms with van der Waals surface area (Å²) in [6.07, 6.45) is 4.18. The van der Waals surface area contributed by atoms with Crippen molar-refractivity contribution in [2.75, 3.05) is 38.2 Å². The van der Waals surface area contributed by atoms with Crippen molar-refractivity contribution in [2.45, 2.75) is 58.2 Å². The minimum absolute atomic E-state index is 0.105. The summed E-state index contributed by atoms with van der Waals surface area (Å²) in [5.74, 6) is 2.04. The Balaban J connectivity index is 1.32. The number of benzene rings is 1. The molecule has 8 nitrogen and oxygen atoms in total. The third-order valence-electron chi connectivity index (χ3n) is 7.27. The van der Waals surface area contributed by atoms with Gasteiger partial charge in [-0.2, -0.15) is 5.26 Å². The molecule has 8 heteroatoms. The Morgan fingerprint density at radius 1 is 1.15 bits per heavy atom. The lowest BCUT2D eigenvalue weighted by atomic mass is 10.0. The Labute approximate surface area is 200 Å². The SMILES string of the molecule is Cc1c(C#N)c(NC(=O)CN2CCC[C@H]2c2ccc3c(c2)OCCO3)n(C[C@H]2CCCO2)c1C. The third kappa shape index (κ3) is 4.38. The van der Waals surface area contributed by atoms with Crippen LogP contribution in [0, 0.1) is 25.2 Å². The average Bonchev–Trinajstić information content (AvgIpc) is 3.57. The van der Waals surface area contributed by atoms with Gasteiger partial charge < -0.3 is 24.1 Å². The van der Waals surface area contributed by atoms with Crippen LogP contribution >= 0.6 is 0 Å². The molecule has 34 heavy (non-hydrogen) atoms. The van der Waals surface area contributed by atoms with Crippen LogP contribution in [0.1, 0.15) is 54.1 Å². The molecule has 3 aliphatic heterocycles. The number of rotatable bonds is 6. The maximum Gasteiger partial charge on any atom is 0.239 e. The number of aromatic nitrogens is 1. The molecule has 0 spiro atoms. The van der Waals surface area contributed by atoms with Gasteiger partial charge in [0.2, 0.25) is 5.91 Å². The molecule has 0 saturated carbocycles. The number of nitrogens with one attached hydrogen (secondary N) is 1. The molecular weight excluding hydrogens is 432 g/mol. The van der Waals surface area contributed by atoms with Gasteiger partial charge in [-0.25, -0.2) is 0 Å². The lowest BCUT2D eigenvalue weighted by molar-refractivity contribution is -0.117. The van der Waals surface area contributed by atoms with Crippen molar-refractivity contribution in [3.8, 4) is 17.6 Å². The molecule has 0 radical (unpaired) electrons. The molecule has 2 atom stereocenters. The first-order chi connectivity index (χ1) is 16.5. The number of ether oxygens (including phenoxy) is 3. The fourth-order valence-corrected chi connectivity index (χ4v) is 5.37. The van der Waals surface area contributed by atoms with Crippen LogP contribution in [0.2, 0.25) is 0 Å². The van der Waals surface area contributed by atoms with Gasteiger partial charge >= 0.3 is 0 Å². The zero-order chi connectivity index (χ0) is 23.7. The minimum Gasteiger partial charge on any atom is -0.486 e. The van der Waals surface area contributed by atoms with Gasteiger partial charge in [-0.05, 0) is 69.3 Å². The molecule has 1 N–H and O–H groups in total. The van der Waals surface area contributed by atoms with Crippen LogP contribution in [0.5, 0.6) is 11.5 Å². The standard InChI is InChI=1S/C26H32N4O4/c1-17-18(2)30(15-20-5-4-10-32-20)26(21(17)14-27)28-25(31)16-29-9-3-6-22(29)19-7-8-23-24(13-19)34-12-11-33-23/h7-8,13,20,22H,3-6,9-12,15-16H2,1-2H3,(H,28,31)/t20-,22+/m1/s1. The fourth-order valence-electron chi connectivity index (χ4n) is 5.37. The number of nitrogens with zero attached hydrogens (tertiary/aromatic N) is 3. The number of carbonyl (C=O) groups excluding carboxylic acids is 1. The van der Waals surface area contributed by atoms with Crippen molar-refractivity contribution in [3.63, 3.8) is 0 Å². The number of amides is 1. The van der Waals surface area contributed by atoms with Gasteiger partial charge in [0, 0.05) is 18.3 Å². The third-order valence-corrected chi connectivity index (χ3v) is 7.27. The van der Waals surface area contributed by atoms with E-state index in [0.717, 1.165) is 67.2 Å². The van der Waals surface area contributed by atoms with Gasteiger partial charge in [-0.3, -0.25) is 9.69 Å². The van der Waals surface area contributed by atoms with E-state index < -0.39 is 0 Å². The Bertz CT molecular complexity index is 1110. The van der Waals surface area contributed by atoms with Crippen molar-refractivity contribution in [2.24, 2.45) is 0 Å². The van der Waals surface area contributed by atoms with Gasteiger partial charge in [0.15, 0.2) is 11.5 Å². The number of anilines is 1. The Morgan fingerprint density at radius 3 is 2.74 bits per heavy atom. The summed E-state index contributed by atoms with van der Waals surface area (Å²) in [4.78, 5) is 15.4. The van der Waals surface area contributed by atoms with Crippen LogP contribution in [0.15, 0.2) is 18.2 Å². The highest BCUT2D eigenvalue weighted by molar-refractivity contribution is 5.93. The monoisotopic (exact) mass is 464 g/mol. The van der Waals surface area contributed by atoms with E-state index in [1.807, 2.05) is 30.5 Å². The number of fused-ring (bicyclic) bond motifs is 1. The minimum atomic E-state index is -0.105. The lowest BCUT2D eigenvalue weighted by Crippen LogP contribution is -2.34. The largest absolute Gasteiger partial charge is 0.486 e. The molecule has 2 fully saturated rings. The molecule has 2 saturated heterocycles. The first-order valence-corrected chi connectivity index (χ1v) is 12.2. The molecule has 1 aromatic carbocycles. The van der Waals surface area contributed by atoms with Crippen LogP contribution < -0.4 is 14.8 Å². The molecular formula is C26H32N4O4. The Morgan fingerprint density at radius 2 is 1.97 bits per heavy atom. The highest BCUT2D eigenvalue weighted by atomic mass is 16.6. The zero-order valence-corrected chi connectivity index (χ0v) is 19.9. The lowest BCUT2D eigenvalue weighted by Gasteiger charge is -2.26. The molecule has 1 aromatic heterocycles. The predicted molar refractivity (Wildman–Crippen MR) is 127 cm³/mol. The van der Waals surface area contributed by atoms with Gasteiger partial charge in [0.1, 0.15) is 25.1 Å². The summed E-state index contributed by atoms with van der Waals surface area (Å²) in [6.45, 7) is 7.60. The van der Waals surface area contributed by atoms with Crippen molar-refractivity contribution in [3.05, 3.63) is 40.6 Å². The van der Waals surface area contributed by atoms with E-state index in [9.17, 15) is 10.1 Å². The van der Waals surface area contributed by atoms with E-state index in [4.69, 9.17) is 14.2 Å². The van der Waals surface area contributed by atoms with Crippen LogP contribution in [-0.2, 0) is 16.1 Å². The molecule has 0 unspecified atom stereocenters. The Kier molecular flexibility index (Phi) is 6.48. The quantitative estimate of drug-likeness (QED) is 0.701. The summed E-state index contributed by atoms with van der Waals surface area (Å²) in [7, 11) is 0. The summed E-state index contributed by atoms with van der Waals surface area (Å²) in [6, 6.07) is 8.53. The summed E-state index contributed by atoms with van der Waals surface area (Å²) in [5.41, 5.74) is 3.58. The number of nitriles is 1. The van der Waals surface area contributed by atoms with E-state index in [1.54, 1.807) is 0 Å². The van der Waals surface area contributed by atoms with Gasteiger partial charge in [0.25, 0.3) is 0 Å². The Hall–Kier alpha value is -3.02. The number of likely N-dealkylation sites (tertiary alicyclic amines) is 1. The summed E-state index contributed by atoms with van der Waals surface area (Å²) < 4.78 is 19.3. The molecule has 0 aliphatic carbocycles. The van der Waals surface area contributed by atoms with E-state index in [0.29, 0.717) is 31.1 Å². The van der Waals surface area contributed by atoms with E-state index in [-0.39, 0.29) is 24.6 Å². The van der Waals surface area contributed by atoms with E-state index in [1.165, 1.54) is 0 Å². The molecule has 180 valence electrons. The second-order valence-corrected chi connectivity index (χ2v) is 9.37. The van der Waals surface area contributed by atoms with E-state index in [2.05, 4.69) is 22.4 Å². The first kappa shape index (κ1) is 22.8. The maximum absolute atomic E-state index is 13.2. The van der Waals surface area contributed by atoms with Crippen LogP contribution in [0.3, 0.4) is 0 Å². The second kappa shape index (κ2) is 9.69. The first-order valence-electron chi connectivity index (χ1n) is 12.2. The van der Waals surface area contributed by atoms with Crippen molar-refractivity contribution in [1.29, 1.82) is 5.26 Å². The second-order valence-electron chi connectivity index (χ2n) is 9.37. The summed E-state index contributed by atoms with van der Waals surface area (Å²) >= 11 is 0. The fraction of sp³-hybridized carbons (Fsp3) is 0.538. The number of hydrogen-bond acceptors (Lipinski definition) is 6. The van der Waals surface area contributed by atoms with Gasteiger partial charge in [-0.15, -0.1) is 0 Å². The van der Waals surface area contributed by atoms with Gasteiger partial charge in [0.05, 0.1) is 24.8 Å². The zero-order valence-electron chi connectivity index (χ0n) is 19.9. The van der Waals surface area contributed by atoms with E-state index >= 15 is 0 Å². The predicted octanol–water partition coefficient (Wildman–Crippen LogP) is 3.70. The van der Waals surface area contributed by atoms with Crippen LogP contribution in [0.25, 0.3) is 0 Å². The van der Waals surface area contributed by atoms with Crippen molar-refractivity contribution in [1.82, 2.24) is 9.47 Å². The average molecular weight is 465 g/mol. The highest BCUT2D eigenvalue weighted by Gasteiger charge is 2.30. The molecule has 5 rings (SSSR count). The van der Waals surface area contributed by atoms with Crippen molar-refractivity contribution < 1.29 is 19.0 Å².